The highest BCUT2D eigenvalue weighted by molar-refractivity contribution is 5.92. The summed E-state index contributed by atoms with van der Waals surface area (Å²) in [6.45, 7) is 5.53. The number of carbonyl (C=O) groups excluding carboxylic acids is 3. The number of nitrogens with two attached hydrogens (primary N) is 1. The van der Waals surface area contributed by atoms with Gasteiger partial charge in [0.25, 0.3) is 0 Å². The number of carbonyl (C=O) groups is 3. The van der Waals surface area contributed by atoms with Crippen molar-refractivity contribution >= 4 is 28.8 Å². The Morgan fingerprint density at radius 3 is 2.02 bits per heavy atom. The molecular weight excluding hydrogens is 554 g/mol. The van der Waals surface area contributed by atoms with Crippen LogP contribution < -0.4 is 21.7 Å². The zero-order valence-corrected chi connectivity index (χ0v) is 25.6. The first-order valence-corrected chi connectivity index (χ1v) is 15.0. The van der Waals surface area contributed by atoms with Crippen LogP contribution in [0.4, 0.5) is 4.79 Å². The molecule has 0 bridgehead atoms. The van der Waals surface area contributed by atoms with E-state index in [9.17, 15) is 14.4 Å². The van der Waals surface area contributed by atoms with E-state index in [0.717, 1.165) is 34.0 Å². The number of H-pyrrole nitrogens is 1. The number of alkyl carbamates (subject to hydrolysis) is 1. The second-order valence-corrected chi connectivity index (χ2v) is 12.0. The number of aromatic nitrogens is 1. The van der Waals surface area contributed by atoms with E-state index in [1.54, 1.807) is 20.8 Å². The zero-order chi connectivity index (χ0) is 31.5. The number of fused-ring (bicyclic) bond motifs is 1. The maximum Gasteiger partial charge on any atom is 0.408 e. The molecule has 0 fully saturated rings. The molecule has 0 aliphatic carbocycles. The molecule has 0 unspecified atom stereocenters. The summed E-state index contributed by atoms with van der Waals surface area (Å²) in [7, 11) is 0. The minimum absolute atomic E-state index is 0.192. The molecule has 0 saturated heterocycles. The highest BCUT2D eigenvalue weighted by Crippen LogP contribution is 2.20. The van der Waals surface area contributed by atoms with Crippen molar-refractivity contribution in [2.24, 2.45) is 5.73 Å². The van der Waals surface area contributed by atoms with Crippen LogP contribution in [0.5, 0.6) is 0 Å². The van der Waals surface area contributed by atoms with Crippen LogP contribution in [-0.2, 0) is 33.6 Å². The smallest absolute Gasteiger partial charge is 0.408 e. The first-order valence-electron chi connectivity index (χ1n) is 15.0. The molecule has 44 heavy (non-hydrogen) atoms. The molecule has 232 valence electrons. The third kappa shape index (κ3) is 9.70. The Labute approximate surface area is 258 Å². The Morgan fingerprint density at radius 1 is 0.773 bits per heavy atom. The summed E-state index contributed by atoms with van der Waals surface area (Å²) in [5.74, 6) is -0.834. The summed E-state index contributed by atoms with van der Waals surface area (Å²) in [5, 5.41) is 9.65. The van der Waals surface area contributed by atoms with E-state index in [0.29, 0.717) is 6.42 Å². The van der Waals surface area contributed by atoms with Crippen molar-refractivity contribution in [2.75, 3.05) is 6.54 Å². The lowest BCUT2D eigenvalue weighted by Crippen LogP contribution is -2.57. The molecule has 4 aromatic rings. The molecule has 0 aliphatic rings. The quantitative estimate of drug-likeness (QED) is 0.155. The van der Waals surface area contributed by atoms with Gasteiger partial charge in [-0.3, -0.25) is 9.59 Å². The molecule has 9 heteroatoms. The first-order chi connectivity index (χ1) is 21.1. The van der Waals surface area contributed by atoms with E-state index in [4.69, 9.17) is 10.5 Å². The van der Waals surface area contributed by atoms with Crippen molar-refractivity contribution in [3.8, 4) is 0 Å². The summed E-state index contributed by atoms with van der Waals surface area (Å²) in [6, 6.07) is 25.1. The first kappa shape index (κ1) is 32.3. The van der Waals surface area contributed by atoms with Crippen molar-refractivity contribution in [1.82, 2.24) is 20.9 Å². The van der Waals surface area contributed by atoms with E-state index in [-0.39, 0.29) is 31.3 Å². The molecule has 6 N–H and O–H groups in total. The van der Waals surface area contributed by atoms with E-state index in [2.05, 4.69) is 20.9 Å². The van der Waals surface area contributed by atoms with Gasteiger partial charge in [-0.1, -0.05) is 78.9 Å². The molecule has 3 aromatic carbocycles. The molecule has 0 spiro atoms. The highest BCUT2D eigenvalue weighted by atomic mass is 16.6. The van der Waals surface area contributed by atoms with Gasteiger partial charge in [0.2, 0.25) is 11.8 Å². The summed E-state index contributed by atoms with van der Waals surface area (Å²) in [4.78, 5) is 43.6. The zero-order valence-electron chi connectivity index (χ0n) is 25.6. The normalized spacial score (nSPS) is 13.5. The molecule has 1 heterocycles. The number of aryl methyl sites for hydroxylation is 1. The third-order valence-electron chi connectivity index (χ3n) is 7.28. The summed E-state index contributed by atoms with van der Waals surface area (Å²) < 4.78 is 5.47. The Bertz CT molecular complexity index is 1510. The average Bonchev–Trinajstić information content (AvgIpc) is 3.41. The van der Waals surface area contributed by atoms with Gasteiger partial charge in [-0.25, -0.2) is 4.79 Å². The Hall–Kier alpha value is -4.63. The molecule has 1 aromatic heterocycles. The van der Waals surface area contributed by atoms with Gasteiger partial charge in [0.15, 0.2) is 0 Å². The average molecular weight is 598 g/mol. The lowest BCUT2D eigenvalue weighted by Gasteiger charge is -2.26. The van der Waals surface area contributed by atoms with Crippen LogP contribution in [0.2, 0.25) is 0 Å². The number of para-hydroxylation sites is 1. The molecule has 0 saturated carbocycles. The number of rotatable bonds is 13. The SMILES string of the molecule is CC(C)(C)OC(=O)N[C@@H](Cc1c[nH]c2ccccc12)C(=O)N[C@@H](Cc1ccccc1)C(=O)N[C@@H](CN)CCc1ccccc1. The maximum atomic E-state index is 13.9. The molecule has 3 atom stereocenters. The van der Waals surface area contributed by atoms with E-state index in [1.807, 2.05) is 91.1 Å². The van der Waals surface area contributed by atoms with Gasteiger partial charge >= 0.3 is 6.09 Å². The Balaban J connectivity index is 1.53. The van der Waals surface area contributed by atoms with Crippen molar-refractivity contribution in [2.45, 2.75) is 70.2 Å². The van der Waals surface area contributed by atoms with Gasteiger partial charge in [0, 0.05) is 42.5 Å². The summed E-state index contributed by atoms with van der Waals surface area (Å²) in [5.41, 5.74) is 9.11. The van der Waals surface area contributed by atoms with Crippen molar-refractivity contribution in [3.63, 3.8) is 0 Å². The number of ether oxygens (including phenoxy) is 1. The van der Waals surface area contributed by atoms with Crippen molar-refractivity contribution in [1.29, 1.82) is 0 Å². The number of hydrogen-bond acceptors (Lipinski definition) is 5. The van der Waals surface area contributed by atoms with Gasteiger partial charge in [-0.15, -0.1) is 0 Å². The standard InChI is InChI=1S/C35H43N5O4/c1-35(2,3)44-34(43)40-31(21-26-23-37-29-17-11-10-16-28(26)29)33(42)39-30(20-25-14-8-5-9-15-25)32(41)38-27(22-36)19-18-24-12-6-4-7-13-24/h4-17,23,27,30-31,37H,18-22,36H2,1-3H3,(H,38,41)(H,39,42)(H,40,43)/t27-,30+,31+/m1/s1. The van der Waals surface area contributed by atoms with E-state index >= 15 is 0 Å². The second kappa shape index (κ2) is 15.2. The number of amides is 3. The topological polar surface area (TPSA) is 138 Å². The summed E-state index contributed by atoms with van der Waals surface area (Å²) >= 11 is 0. The van der Waals surface area contributed by atoms with Gasteiger partial charge in [-0.05, 0) is 56.4 Å². The van der Waals surface area contributed by atoms with Crippen LogP contribution in [0.3, 0.4) is 0 Å². The fourth-order valence-corrected chi connectivity index (χ4v) is 5.05. The Morgan fingerprint density at radius 2 is 1.36 bits per heavy atom. The van der Waals surface area contributed by atoms with Crippen LogP contribution in [0.15, 0.2) is 91.1 Å². The van der Waals surface area contributed by atoms with Gasteiger partial charge in [0.05, 0.1) is 0 Å². The highest BCUT2D eigenvalue weighted by Gasteiger charge is 2.30. The number of nitrogens with one attached hydrogen (secondary N) is 4. The van der Waals surface area contributed by atoms with E-state index in [1.165, 1.54) is 0 Å². The largest absolute Gasteiger partial charge is 0.444 e. The third-order valence-corrected chi connectivity index (χ3v) is 7.28. The maximum absolute atomic E-state index is 13.9. The van der Waals surface area contributed by atoms with Crippen LogP contribution >= 0.6 is 0 Å². The van der Waals surface area contributed by atoms with Crippen molar-refractivity contribution in [3.05, 3.63) is 108 Å². The number of aromatic amines is 1. The Kier molecular flexibility index (Phi) is 11.2. The lowest BCUT2D eigenvalue weighted by molar-refractivity contribution is -0.130. The minimum Gasteiger partial charge on any atom is -0.444 e. The van der Waals surface area contributed by atoms with Crippen molar-refractivity contribution < 1.29 is 19.1 Å². The molecule has 0 aliphatic heterocycles. The predicted octanol–water partition coefficient (Wildman–Crippen LogP) is 4.41. The number of benzene rings is 3. The molecule has 0 radical (unpaired) electrons. The van der Waals surface area contributed by atoms with Gasteiger partial charge < -0.3 is 31.4 Å². The van der Waals surface area contributed by atoms with Crippen LogP contribution in [0, 0.1) is 0 Å². The van der Waals surface area contributed by atoms with Crippen LogP contribution in [0.1, 0.15) is 43.9 Å². The second-order valence-electron chi connectivity index (χ2n) is 12.0. The monoisotopic (exact) mass is 597 g/mol. The minimum atomic E-state index is -1.00. The fraction of sp³-hybridized carbons (Fsp3) is 0.343. The molecule has 9 nitrogen and oxygen atoms in total. The van der Waals surface area contributed by atoms with E-state index < -0.39 is 29.7 Å². The predicted molar refractivity (Wildman–Crippen MR) is 173 cm³/mol. The molecule has 4 rings (SSSR count). The summed E-state index contributed by atoms with van der Waals surface area (Å²) in [6.07, 6.45) is 2.98. The van der Waals surface area contributed by atoms with Crippen LogP contribution in [-0.4, -0.2) is 53.2 Å². The van der Waals surface area contributed by atoms with Gasteiger partial charge in [-0.2, -0.15) is 0 Å². The molecule has 3 amide bonds. The van der Waals surface area contributed by atoms with Crippen LogP contribution in [0.25, 0.3) is 10.9 Å². The molecular formula is C35H43N5O4. The number of hydrogen-bond donors (Lipinski definition) is 5. The van der Waals surface area contributed by atoms with Gasteiger partial charge in [0.1, 0.15) is 17.7 Å². The lowest BCUT2D eigenvalue weighted by atomic mass is 10.0. The fourth-order valence-electron chi connectivity index (χ4n) is 5.05.